The summed E-state index contributed by atoms with van der Waals surface area (Å²) in [7, 11) is 0. The number of carbonyl (C=O) groups excluding carboxylic acids is 1. The highest BCUT2D eigenvalue weighted by atomic mass is 16.5. The molecule has 3 rings (SSSR count). The molecule has 0 spiro atoms. The molecule has 0 saturated carbocycles. The summed E-state index contributed by atoms with van der Waals surface area (Å²) in [6.45, 7) is 4.19. The van der Waals surface area contributed by atoms with Gasteiger partial charge in [0.1, 0.15) is 6.07 Å². The van der Waals surface area contributed by atoms with Crippen LogP contribution in [0.2, 0.25) is 0 Å². The molecule has 1 unspecified atom stereocenters. The Balaban J connectivity index is 0.000000488. The fraction of sp³-hybridized carbons (Fsp3) is 0.250. The minimum Gasteiger partial charge on any atom is -0.762 e. The van der Waals surface area contributed by atoms with E-state index in [1.54, 1.807) is 84.7 Å². The van der Waals surface area contributed by atoms with E-state index in [1.165, 1.54) is 0 Å². The Kier molecular flexibility index (Phi) is 8.87. The Morgan fingerprint density at radius 1 is 0.968 bits per heavy atom. The van der Waals surface area contributed by atoms with E-state index in [2.05, 4.69) is 5.32 Å². The molecule has 7 nitrogen and oxygen atoms in total. The molecule has 0 bridgehead atoms. The van der Waals surface area contributed by atoms with Crippen LogP contribution in [-0.2, 0) is 4.74 Å². The zero-order valence-corrected chi connectivity index (χ0v) is 16.9. The summed E-state index contributed by atoms with van der Waals surface area (Å²) in [6.07, 6.45) is 0. The third-order valence-electron chi connectivity index (χ3n) is 4.79. The zero-order valence-electron chi connectivity index (χ0n) is 16.9. The number of rotatable bonds is 5. The molecule has 2 N–H and O–H groups in total. The number of carbonyl (C=O) groups is 1. The number of benzene rings is 2. The molecule has 2 aromatic rings. The number of nitriles is 3. The van der Waals surface area contributed by atoms with E-state index in [-0.39, 0.29) is 0 Å². The number of ketones is 1. The van der Waals surface area contributed by atoms with Crippen LogP contribution < -0.4 is 5.32 Å². The molecule has 0 radical (unpaired) electrons. The zero-order chi connectivity index (χ0) is 22.5. The molecule has 154 valence electrons. The van der Waals surface area contributed by atoms with Gasteiger partial charge in [-0.3, -0.25) is 10.7 Å². The minimum absolute atomic E-state index is 0.293. The van der Waals surface area contributed by atoms with E-state index in [1.807, 2.05) is 0 Å². The molecule has 1 aliphatic heterocycles. The van der Waals surface area contributed by atoms with E-state index in [4.69, 9.17) is 4.74 Å². The van der Waals surface area contributed by atoms with Gasteiger partial charge < -0.3 is 15.5 Å². The second-order valence-corrected chi connectivity index (χ2v) is 6.68. The molecule has 1 heterocycles. The summed E-state index contributed by atoms with van der Waals surface area (Å²) < 4.78 is 5.04. The topological polar surface area (TPSA) is 137 Å². The lowest BCUT2D eigenvalue weighted by molar-refractivity contribution is -0.670. The summed E-state index contributed by atoms with van der Waals surface area (Å²) in [5.41, 5.74) is -2.11. The molecule has 0 aliphatic carbocycles. The van der Waals surface area contributed by atoms with Crippen molar-refractivity contribution in [2.75, 3.05) is 26.3 Å². The van der Waals surface area contributed by atoms with Crippen molar-refractivity contribution >= 4 is 11.7 Å². The Labute approximate surface area is 181 Å². The number of nitrogens with zero attached hydrogens (tertiary/aromatic N) is 4. The van der Waals surface area contributed by atoms with Crippen LogP contribution in [0.25, 0.3) is 5.41 Å². The minimum atomic E-state index is -2.20. The highest BCUT2D eigenvalue weighted by molar-refractivity contribution is 6.03. The molecule has 0 aromatic heterocycles. The van der Waals surface area contributed by atoms with Crippen molar-refractivity contribution < 1.29 is 14.8 Å². The van der Waals surface area contributed by atoms with Crippen LogP contribution in [0.15, 0.2) is 66.2 Å². The van der Waals surface area contributed by atoms with Crippen molar-refractivity contribution in [1.82, 2.24) is 0 Å². The number of allylic oxidation sites excluding steroid dienone is 1. The predicted molar refractivity (Wildman–Crippen MR) is 114 cm³/mol. The number of quaternary nitrogens is 1. The van der Waals surface area contributed by atoms with Crippen molar-refractivity contribution in [2.24, 2.45) is 5.41 Å². The number of Topliss-reactive ketones (excluding diaryl/α,β-unsaturated/α-hetero) is 1. The van der Waals surface area contributed by atoms with E-state index < -0.39 is 22.7 Å². The Morgan fingerprint density at radius 3 is 1.90 bits per heavy atom. The first kappa shape index (κ1) is 23.2. The quantitative estimate of drug-likeness (QED) is 0.455. The summed E-state index contributed by atoms with van der Waals surface area (Å²) in [6, 6.07) is 21.6. The van der Waals surface area contributed by atoms with Gasteiger partial charge >= 0.3 is 0 Å². The number of nitrogens with two attached hydrogens (primary N) is 1. The van der Waals surface area contributed by atoms with Crippen molar-refractivity contribution in [1.29, 1.82) is 15.8 Å². The molecule has 0 amide bonds. The van der Waals surface area contributed by atoms with Gasteiger partial charge in [0.05, 0.1) is 49.9 Å². The molecular formula is C24H21N5O2. The number of ether oxygens (including phenoxy) is 1. The largest absolute Gasteiger partial charge is 0.762 e. The molecule has 1 saturated heterocycles. The summed E-state index contributed by atoms with van der Waals surface area (Å²) in [5, 5.41) is 40.1. The van der Waals surface area contributed by atoms with Gasteiger partial charge in [0.2, 0.25) is 0 Å². The van der Waals surface area contributed by atoms with Gasteiger partial charge in [-0.15, -0.1) is 0 Å². The van der Waals surface area contributed by atoms with Crippen LogP contribution in [0.5, 0.6) is 0 Å². The van der Waals surface area contributed by atoms with Crippen LogP contribution in [-0.4, -0.2) is 38.0 Å². The van der Waals surface area contributed by atoms with Gasteiger partial charge in [0, 0.05) is 5.56 Å². The van der Waals surface area contributed by atoms with E-state index in [0.717, 1.165) is 26.3 Å². The summed E-state index contributed by atoms with van der Waals surface area (Å²) >= 11 is 0. The predicted octanol–water partition coefficient (Wildman–Crippen LogP) is 1.96. The first-order chi connectivity index (χ1) is 15.1. The first-order valence-electron chi connectivity index (χ1n) is 9.68. The number of morpholine rings is 1. The van der Waals surface area contributed by atoms with Crippen molar-refractivity contribution in [2.45, 2.75) is 5.92 Å². The number of hydrogen-bond acceptors (Lipinski definition) is 5. The molecule has 1 aliphatic rings. The van der Waals surface area contributed by atoms with Crippen LogP contribution in [0.3, 0.4) is 0 Å². The van der Waals surface area contributed by atoms with Crippen molar-refractivity contribution in [3.63, 3.8) is 0 Å². The third-order valence-corrected chi connectivity index (χ3v) is 4.79. The molecular weight excluding hydrogens is 390 g/mol. The van der Waals surface area contributed by atoms with Gasteiger partial charge in [-0.05, 0) is 5.56 Å². The lowest BCUT2D eigenvalue weighted by Gasteiger charge is -2.28. The normalized spacial score (nSPS) is 13.6. The van der Waals surface area contributed by atoms with Crippen LogP contribution in [0.4, 0.5) is 0 Å². The van der Waals surface area contributed by atoms with Crippen molar-refractivity contribution in [3.05, 3.63) is 82.8 Å². The Hall–Kier alpha value is -4.05. The average Bonchev–Trinajstić information content (AvgIpc) is 2.86. The Bertz CT molecular complexity index is 1030. The van der Waals surface area contributed by atoms with Crippen molar-refractivity contribution in [3.8, 4) is 18.2 Å². The molecule has 1 fully saturated rings. The van der Waals surface area contributed by atoms with E-state index in [9.17, 15) is 26.0 Å². The average molecular weight is 411 g/mol. The number of hydrogen-bond donors (Lipinski definition) is 1. The van der Waals surface area contributed by atoms with Crippen LogP contribution in [0, 0.1) is 39.4 Å². The van der Waals surface area contributed by atoms with Gasteiger partial charge in [-0.2, -0.15) is 15.8 Å². The molecule has 31 heavy (non-hydrogen) atoms. The second-order valence-electron chi connectivity index (χ2n) is 6.68. The molecule has 7 heteroatoms. The standard InChI is InChI=1S/C20H11N4O.C4H9NO/c21-11-17(12-22)20(13-23,14-24)18(15-7-3-1-4-8-15)19(25)16-9-5-2-6-10-16;1-3-6-4-2-5-1/h1-10,18H;5H,1-4H2/q-1;/p+1. The van der Waals surface area contributed by atoms with Gasteiger partial charge in [0.15, 0.2) is 11.2 Å². The molecule has 1 atom stereocenters. The molecule has 2 aromatic carbocycles. The summed E-state index contributed by atoms with van der Waals surface area (Å²) in [5.74, 6) is -0.184. The first-order valence-corrected chi connectivity index (χ1v) is 9.68. The van der Waals surface area contributed by atoms with E-state index >= 15 is 0 Å². The highest BCUT2D eigenvalue weighted by Crippen LogP contribution is 2.42. The van der Waals surface area contributed by atoms with Gasteiger partial charge in [-0.25, -0.2) is 0 Å². The fourth-order valence-electron chi connectivity index (χ4n) is 3.20. The van der Waals surface area contributed by atoms with Gasteiger partial charge in [0.25, 0.3) is 0 Å². The third kappa shape index (κ3) is 5.52. The lowest BCUT2D eigenvalue weighted by Crippen LogP contribution is -2.87. The SMILES string of the molecule is C1COCC[NH2+]1.N#CC(=C=[N-])C(C#N)(C#N)C(C(=O)c1ccccc1)c1ccccc1. The maximum absolute atomic E-state index is 13.1. The monoisotopic (exact) mass is 411 g/mol. The summed E-state index contributed by atoms with van der Waals surface area (Å²) in [4.78, 5) is 13.1. The van der Waals surface area contributed by atoms with Gasteiger partial charge in [-0.1, -0.05) is 60.7 Å². The van der Waals surface area contributed by atoms with Crippen LogP contribution in [0.1, 0.15) is 21.8 Å². The highest BCUT2D eigenvalue weighted by Gasteiger charge is 2.48. The maximum atomic E-state index is 13.1. The second kappa shape index (κ2) is 11.8. The smallest absolute Gasteiger partial charge is 0.197 e. The van der Waals surface area contributed by atoms with E-state index in [0.29, 0.717) is 11.1 Å². The maximum Gasteiger partial charge on any atom is 0.197 e. The lowest BCUT2D eigenvalue weighted by atomic mass is 9.67. The Morgan fingerprint density at radius 2 is 1.52 bits per heavy atom. The fourth-order valence-corrected chi connectivity index (χ4v) is 3.20. The van der Waals surface area contributed by atoms with Crippen LogP contribution >= 0.6 is 0 Å².